The molecule has 0 radical (unpaired) electrons. The Labute approximate surface area is 113 Å². The van der Waals surface area contributed by atoms with E-state index in [1.165, 1.54) is 7.05 Å². The van der Waals surface area contributed by atoms with E-state index >= 15 is 0 Å². The zero-order valence-electron chi connectivity index (χ0n) is 11.2. The van der Waals surface area contributed by atoms with Gasteiger partial charge < -0.3 is 5.11 Å². The lowest BCUT2D eigenvalue weighted by Crippen LogP contribution is -2.34. The van der Waals surface area contributed by atoms with Crippen molar-refractivity contribution < 1.29 is 18.3 Å². The van der Waals surface area contributed by atoms with E-state index in [0.717, 1.165) is 15.4 Å². The van der Waals surface area contributed by atoms with E-state index in [-0.39, 0.29) is 13.0 Å². The second kappa shape index (κ2) is 6.03. The summed E-state index contributed by atoms with van der Waals surface area (Å²) in [6.45, 7) is 3.65. The fraction of sp³-hybridized carbons (Fsp3) is 0.417. The normalized spacial score (nSPS) is 11.6. The standard InChI is InChI=1S/C12H18N2O4S/c1-9-4-5-11(10(2)8-9)13-19(17,18)14(3)7-6-12(15)16/h4-5,8,13H,6-7H2,1-3H3,(H,15,16). The lowest BCUT2D eigenvalue weighted by atomic mass is 10.1. The Kier molecular flexibility index (Phi) is 4.90. The SMILES string of the molecule is Cc1ccc(NS(=O)(=O)N(C)CCC(=O)O)c(C)c1. The Morgan fingerprint density at radius 3 is 2.53 bits per heavy atom. The van der Waals surface area contributed by atoms with E-state index in [1.807, 2.05) is 26.0 Å². The molecule has 6 nitrogen and oxygen atoms in total. The summed E-state index contributed by atoms with van der Waals surface area (Å²) in [6.07, 6.45) is -0.232. The summed E-state index contributed by atoms with van der Waals surface area (Å²) in [7, 11) is -2.38. The molecule has 0 bridgehead atoms. The molecule has 0 fully saturated rings. The number of aliphatic carboxylic acids is 1. The van der Waals surface area contributed by atoms with Crippen LogP contribution in [0.3, 0.4) is 0 Å². The zero-order valence-corrected chi connectivity index (χ0v) is 12.0. The third-order valence-electron chi connectivity index (χ3n) is 2.67. The second-order valence-corrected chi connectivity index (χ2v) is 6.17. The fourth-order valence-corrected chi connectivity index (χ4v) is 2.51. The molecule has 106 valence electrons. The van der Waals surface area contributed by atoms with Gasteiger partial charge in [0.15, 0.2) is 0 Å². The Morgan fingerprint density at radius 2 is 2.00 bits per heavy atom. The van der Waals surface area contributed by atoms with Gasteiger partial charge in [-0.3, -0.25) is 9.52 Å². The first-order valence-electron chi connectivity index (χ1n) is 5.75. The summed E-state index contributed by atoms with van der Waals surface area (Å²) in [5, 5.41) is 8.55. The van der Waals surface area contributed by atoms with Crippen molar-refractivity contribution in [3.63, 3.8) is 0 Å². The van der Waals surface area contributed by atoms with Crippen molar-refractivity contribution in [2.45, 2.75) is 20.3 Å². The molecule has 1 aromatic rings. The molecule has 1 rings (SSSR count). The van der Waals surface area contributed by atoms with Crippen molar-refractivity contribution >= 4 is 21.9 Å². The molecule has 0 atom stereocenters. The summed E-state index contributed by atoms with van der Waals surface area (Å²) in [5.41, 5.74) is 2.35. The zero-order chi connectivity index (χ0) is 14.6. The molecule has 7 heteroatoms. The van der Waals surface area contributed by atoms with Crippen LogP contribution in [0.15, 0.2) is 18.2 Å². The molecule has 0 aliphatic rings. The molecule has 19 heavy (non-hydrogen) atoms. The number of aryl methyl sites for hydroxylation is 2. The average molecular weight is 286 g/mol. The Bertz CT molecular complexity index is 569. The van der Waals surface area contributed by atoms with Crippen LogP contribution in [0.4, 0.5) is 5.69 Å². The highest BCUT2D eigenvalue weighted by Crippen LogP contribution is 2.18. The van der Waals surface area contributed by atoms with E-state index in [9.17, 15) is 13.2 Å². The molecule has 0 heterocycles. The van der Waals surface area contributed by atoms with Gasteiger partial charge in [0.2, 0.25) is 0 Å². The fourth-order valence-electron chi connectivity index (χ4n) is 1.52. The van der Waals surface area contributed by atoms with Gasteiger partial charge in [-0.25, -0.2) is 0 Å². The quantitative estimate of drug-likeness (QED) is 0.827. The largest absolute Gasteiger partial charge is 0.481 e. The molecule has 0 saturated heterocycles. The minimum atomic E-state index is -3.72. The minimum Gasteiger partial charge on any atom is -0.481 e. The second-order valence-electron chi connectivity index (χ2n) is 4.39. The molecule has 0 aliphatic heterocycles. The average Bonchev–Trinajstić information content (AvgIpc) is 2.29. The first kappa shape index (κ1) is 15.5. The van der Waals surface area contributed by atoms with Gasteiger partial charge in [0.25, 0.3) is 0 Å². The van der Waals surface area contributed by atoms with E-state index in [0.29, 0.717) is 5.69 Å². The maximum absolute atomic E-state index is 12.0. The van der Waals surface area contributed by atoms with Crippen LogP contribution < -0.4 is 4.72 Å². The number of benzene rings is 1. The van der Waals surface area contributed by atoms with Gasteiger partial charge in [-0.15, -0.1) is 0 Å². The summed E-state index contributed by atoms with van der Waals surface area (Å²) in [4.78, 5) is 10.4. The minimum absolute atomic E-state index is 0.0738. The van der Waals surface area contributed by atoms with Crippen LogP contribution in [0.1, 0.15) is 17.5 Å². The number of nitrogens with zero attached hydrogens (tertiary/aromatic N) is 1. The topological polar surface area (TPSA) is 86.7 Å². The van der Waals surface area contributed by atoms with Gasteiger partial charge in [-0.05, 0) is 25.5 Å². The highest BCUT2D eigenvalue weighted by atomic mass is 32.2. The van der Waals surface area contributed by atoms with Crippen molar-refractivity contribution in [2.75, 3.05) is 18.3 Å². The maximum Gasteiger partial charge on any atom is 0.304 e. The lowest BCUT2D eigenvalue weighted by Gasteiger charge is -2.18. The maximum atomic E-state index is 12.0. The number of carboxylic acid groups (broad SMARTS) is 1. The summed E-state index contributed by atoms with van der Waals surface area (Å²) in [6, 6.07) is 5.37. The van der Waals surface area contributed by atoms with E-state index in [2.05, 4.69) is 4.72 Å². The number of nitrogens with one attached hydrogen (secondary N) is 1. The number of rotatable bonds is 6. The van der Waals surface area contributed by atoms with Crippen LogP contribution in [-0.2, 0) is 15.0 Å². The predicted molar refractivity (Wildman–Crippen MR) is 73.3 cm³/mol. The molecule has 0 aliphatic carbocycles. The molecule has 0 amide bonds. The van der Waals surface area contributed by atoms with Crippen LogP contribution in [0, 0.1) is 13.8 Å². The van der Waals surface area contributed by atoms with Crippen LogP contribution >= 0.6 is 0 Å². The smallest absolute Gasteiger partial charge is 0.304 e. The molecule has 0 spiro atoms. The number of carbonyl (C=O) groups is 1. The molecule has 2 N–H and O–H groups in total. The van der Waals surface area contributed by atoms with E-state index < -0.39 is 16.2 Å². The van der Waals surface area contributed by atoms with Crippen LogP contribution in [0.2, 0.25) is 0 Å². The highest BCUT2D eigenvalue weighted by molar-refractivity contribution is 7.90. The van der Waals surface area contributed by atoms with E-state index in [4.69, 9.17) is 5.11 Å². The van der Waals surface area contributed by atoms with Crippen molar-refractivity contribution in [1.29, 1.82) is 0 Å². The lowest BCUT2D eigenvalue weighted by molar-refractivity contribution is -0.137. The molecular formula is C12H18N2O4S. The monoisotopic (exact) mass is 286 g/mol. The number of hydrogen-bond acceptors (Lipinski definition) is 3. The van der Waals surface area contributed by atoms with Gasteiger partial charge in [-0.1, -0.05) is 17.7 Å². The van der Waals surface area contributed by atoms with Gasteiger partial charge in [0.1, 0.15) is 0 Å². The third-order valence-corrected chi connectivity index (χ3v) is 4.15. The number of hydrogen-bond donors (Lipinski definition) is 2. The molecule has 1 aromatic carbocycles. The highest BCUT2D eigenvalue weighted by Gasteiger charge is 2.18. The summed E-state index contributed by atoms with van der Waals surface area (Å²) < 4.78 is 27.4. The van der Waals surface area contributed by atoms with Crippen molar-refractivity contribution in [3.8, 4) is 0 Å². The van der Waals surface area contributed by atoms with Crippen LogP contribution in [0.25, 0.3) is 0 Å². The van der Waals surface area contributed by atoms with Crippen molar-refractivity contribution in [1.82, 2.24) is 4.31 Å². The molecular weight excluding hydrogens is 268 g/mol. The summed E-state index contributed by atoms with van der Waals surface area (Å²) >= 11 is 0. The van der Waals surface area contributed by atoms with Crippen molar-refractivity contribution in [3.05, 3.63) is 29.3 Å². The van der Waals surface area contributed by atoms with Gasteiger partial charge in [0.05, 0.1) is 12.1 Å². The summed E-state index contributed by atoms with van der Waals surface area (Å²) in [5.74, 6) is -1.03. The number of carboxylic acids is 1. The molecule has 0 saturated carbocycles. The van der Waals surface area contributed by atoms with Crippen molar-refractivity contribution in [2.24, 2.45) is 0 Å². The van der Waals surface area contributed by atoms with Gasteiger partial charge in [-0.2, -0.15) is 12.7 Å². The Balaban J connectivity index is 2.81. The third kappa shape index (κ3) is 4.53. The molecule has 0 unspecified atom stereocenters. The van der Waals surface area contributed by atoms with Crippen LogP contribution in [0.5, 0.6) is 0 Å². The van der Waals surface area contributed by atoms with E-state index in [1.54, 1.807) is 6.07 Å². The number of anilines is 1. The Morgan fingerprint density at radius 1 is 1.37 bits per heavy atom. The first-order chi connectivity index (χ1) is 8.72. The Hall–Kier alpha value is -1.60. The van der Waals surface area contributed by atoms with Crippen LogP contribution in [-0.4, -0.2) is 37.4 Å². The van der Waals surface area contributed by atoms with Gasteiger partial charge in [0, 0.05) is 13.6 Å². The first-order valence-corrected chi connectivity index (χ1v) is 7.19. The predicted octanol–water partition coefficient (Wildman–Crippen LogP) is 1.37. The molecule has 0 aromatic heterocycles. The van der Waals surface area contributed by atoms with Gasteiger partial charge >= 0.3 is 16.2 Å².